The van der Waals surface area contributed by atoms with Gasteiger partial charge in [0, 0.05) is 6.54 Å². The lowest BCUT2D eigenvalue weighted by molar-refractivity contribution is 0.284. The molecule has 0 aromatic heterocycles. The Labute approximate surface area is 149 Å². The Bertz CT molecular complexity index is 598. The normalized spacial score (nSPS) is 22.1. The van der Waals surface area contributed by atoms with E-state index in [0.717, 1.165) is 12.9 Å². The van der Waals surface area contributed by atoms with E-state index in [1.165, 1.54) is 31.2 Å². The molecule has 1 saturated carbocycles. The minimum atomic E-state index is 0.198. The summed E-state index contributed by atoms with van der Waals surface area (Å²) in [6.45, 7) is 4.85. The Morgan fingerprint density at radius 1 is 1.42 bits per heavy atom. The molecule has 1 fully saturated rings. The standard InChI is InChI=1S/C19H26ClN3O/c1-14(18(24-2)19(20)23-13-21)22-12-15-7-6-10-17(11-15)16-8-4-3-5-9-16/h3-5,8-9,13,15,17,22H,1,6-7,10-12H2,2H3,(H2,21,23)/b19-18+/t15-,17+/m0/s1. The summed E-state index contributed by atoms with van der Waals surface area (Å²) in [6.07, 6.45) is 6.07. The largest absolute Gasteiger partial charge is 0.491 e. The molecule has 0 heterocycles. The SMILES string of the molecule is C=C(NC[C@H]1CCC[C@@H](c2ccccc2)C1)/C(OC)=C(Cl)\N=C/N. The van der Waals surface area contributed by atoms with E-state index in [-0.39, 0.29) is 5.16 Å². The van der Waals surface area contributed by atoms with Crippen LogP contribution >= 0.6 is 11.6 Å². The van der Waals surface area contributed by atoms with Crippen molar-refractivity contribution in [2.75, 3.05) is 13.7 Å². The molecule has 0 spiro atoms. The second-order valence-corrected chi connectivity index (χ2v) is 6.46. The van der Waals surface area contributed by atoms with E-state index in [9.17, 15) is 0 Å². The predicted molar refractivity (Wildman–Crippen MR) is 101 cm³/mol. The molecule has 0 radical (unpaired) electrons. The van der Waals surface area contributed by atoms with E-state index in [0.29, 0.717) is 23.3 Å². The van der Waals surface area contributed by atoms with Gasteiger partial charge in [-0.1, -0.05) is 54.9 Å². The summed E-state index contributed by atoms with van der Waals surface area (Å²) in [5.74, 6) is 1.67. The highest BCUT2D eigenvalue weighted by Crippen LogP contribution is 2.36. The molecule has 4 nitrogen and oxygen atoms in total. The highest BCUT2D eigenvalue weighted by molar-refractivity contribution is 6.30. The van der Waals surface area contributed by atoms with E-state index in [4.69, 9.17) is 22.1 Å². The van der Waals surface area contributed by atoms with Crippen LogP contribution in [0.25, 0.3) is 0 Å². The van der Waals surface area contributed by atoms with Gasteiger partial charge < -0.3 is 15.8 Å². The van der Waals surface area contributed by atoms with Crippen molar-refractivity contribution < 1.29 is 4.74 Å². The number of benzene rings is 1. The second-order valence-electron chi connectivity index (χ2n) is 6.10. The molecule has 3 N–H and O–H groups in total. The van der Waals surface area contributed by atoms with Gasteiger partial charge in [0.15, 0.2) is 10.9 Å². The van der Waals surface area contributed by atoms with Gasteiger partial charge in [0.2, 0.25) is 0 Å². The average Bonchev–Trinajstić information content (AvgIpc) is 2.62. The van der Waals surface area contributed by atoms with Crippen LogP contribution in [0.2, 0.25) is 0 Å². The highest BCUT2D eigenvalue weighted by atomic mass is 35.5. The first kappa shape index (κ1) is 18.4. The zero-order valence-electron chi connectivity index (χ0n) is 14.2. The number of hydrogen-bond donors (Lipinski definition) is 2. The molecule has 5 heteroatoms. The van der Waals surface area contributed by atoms with Crippen molar-refractivity contribution >= 4 is 17.9 Å². The van der Waals surface area contributed by atoms with Gasteiger partial charge in [0.25, 0.3) is 0 Å². The van der Waals surface area contributed by atoms with E-state index in [1.807, 2.05) is 0 Å². The fraction of sp³-hybridized carbons (Fsp3) is 0.421. The van der Waals surface area contributed by atoms with Crippen LogP contribution < -0.4 is 11.1 Å². The molecule has 2 rings (SSSR count). The average molecular weight is 348 g/mol. The number of nitrogens with zero attached hydrogens (tertiary/aromatic N) is 1. The van der Waals surface area contributed by atoms with Crippen LogP contribution in [0.1, 0.15) is 37.2 Å². The summed E-state index contributed by atoms with van der Waals surface area (Å²) in [5, 5.41) is 3.54. The molecular weight excluding hydrogens is 322 g/mol. The smallest absolute Gasteiger partial charge is 0.178 e. The van der Waals surface area contributed by atoms with Crippen LogP contribution in [-0.4, -0.2) is 20.0 Å². The van der Waals surface area contributed by atoms with Crippen molar-refractivity contribution in [3.63, 3.8) is 0 Å². The number of ether oxygens (including phenoxy) is 1. The molecule has 1 aromatic carbocycles. The minimum absolute atomic E-state index is 0.198. The van der Waals surface area contributed by atoms with Crippen molar-refractivity contribution in [1.82, 2.24) is 5.32 Å². The minimum Gasteiger partial charge on any atom is -0.491 e. The number of methoxy groups -OCH3 is 1. The molecule has 0 bridgehead atoms. The number of rotatable bonds is 7. The van der Waals surface area contributed by atoms with E-state index < -0.39 is 0 Å². The maximum absolute atomic E-state index is 6.04. The molecule has 1 aliphatic rings. The number of hydrogen-bond acceptors (Lipinski definition) is 3. The first-order chi connectivity index (χ1) is 11.7. The van der Waals surface area contributed by atoms with Gasteiger partial charge in [-0.25, -0.2) is 4.99 Å². The first-order valence-corrected chi connectivity index (χ1v) is 8.69. The van der Waals surface area contributed by atoms with Crippen molar-refractivity contribution in [3.8, 4) is 0 Å². The van der Waals surface area contributed by atoms with Crippen LogP contribution in [0.3, 0.4) is 0 Å². The maximum atomic E-state index is 6.04. The Hall–Kier alpha value is -1.94. The van der Waals surface area contributed by atoms with E-state index in [2.05, 4.69) is 47.2 Å². The van der Waals surface area contributed by atoms with Crippen LogP contribution in [0.15, 0.2) is 58.5 Å². The van der Waals surface area contributed by atoms with Crippen LogP contribution in [0.4, 0.5) is 0 Å². The molecule has 0 unspecified atom stereocenters. The van der Waals surface area contributed by atoms with Gasteiger partial charge in [-0.2, -0.15) is 0 Å². The summed E-state index contributed by atoms with van der Waals surface area (Å²) in [4.78, 5) is 3.84. The Balaban J connectivity index is 1.92. The number of halogens is 1. The summed E-state index contributed by atoms with van der Waals surface area (Å²) in [6, 6.07) is 10.8. The zero-order valence-corrected chi connectivity index (χ0v) is 14.9. The van der Waals surface area contributed by atoms with Crippen LogP contribution in [0, 0.1) is 5.92 Å². The van der Waals surface area contributed by atoms with E-state index >= 15 is 0 Å². The van der Waals surface area contributed by atoms with Gasteiger partial charge in [0.05, 0.1) is 19.1 Å². The Kier molecular flexibility index (Phi) is 7.19. The molecule has 1 aromatic rings. The van der Waals surface area contributed by atoms with Gasteiger partial charge in [-0.05, 0) is 36.7 Å². The lowest BCUT2D eigenvalue weighted by atomic mass is 9.78. The van der Waals surface area contributed by atoms with Gasteiger partial charge in [0.1, 0.15) is 0 Å². The second kappa shape index (κ2) is 9.38. The summed E-state index contributed by atoms with van der Waals surface area (Å²) >= 11 is 6.04. The summed E-state index contributed by atoms with van der Waals surface area (Å²) in [7, 11) is 1.54. The topological polar surface area (TPSA) is 59.6 Å². The highest BCUT2D eigenvalue weighted by Gasteiger charge is 2.23. The fourth-order valence-electron chi connectivity index (χ4n) is 3.31. The molecule has 24 heavy (non-hydrogen) atoms. The number of aliphatic imine (C=N–C) groups is 1. The van der Waals surface area contributed by atoms with Crippen molar-refractivity contribution in [2.24, 2.45) is 16.6 Å². The molecule has 0 aliphatic heterocycles. The van der Waals surface area contributed by atoms with Crippen LogP contribution in [-0.2, 0) is 4.74 Å². The van der Waals surface area contributed by atoms with Gasteiger partial charge >= 0.3 is 0 Å². The summed E-state index contributed by atoms with van der Waals surface area (Å²) < 4.78 is 5.27. The third-order valence-corrected chi connectivity index (χ3v) is 4.78. The van der Waals surface area contributed by atoms with E-state index in [1.54, 1.807) is 7.11 Å². The Morgan fingerprint density at radius 3 is 2.83 bits per heavy atom. The molecule has 1 aliphatic carbocycles. The quantitative estimate of drug-likeness (QED) is 0.256. The summed E-state index contributed by atoms with van der Waals surface area (Å²) in [5.41, 5.74) is 7.35. The maximum Gasteiger partial charge on any atom is 0.178 e. The zero-order chi connectivity index (χ0) is 17.4. The van der Waals surface area contributed by atoms with Gasteiger partial charge in [-0.15, -0.1) is 0 Å². The number of nitrogens with two attached hydrogens (primary N) is 1. The molecule has 0 amide bonds. The third kappa shape index (κ3) is 5.03. The lowest BCUT2D eigenvalue weighted by Gasteiger charge is -2.30. The number of nitrogens with one attached hydrogen (secondary N) is 1. The fourth-order valence-corrected chi connectivity index (χ4v) is 3.56. The molecule has 0 saturated heterocycles. The van der Waals surface area contributed by atoms with Crippen molar-refractivity contribution in [3.05, 3.63) is 59.1 Å². The lowest BCUT2D eigenvalue weighted by Crippen LogP contribution is -2.27. The molecule has 130 valence electrons. The molecular formula is C19H26ClN3O. The third-order valence-electron chi connectivity index (χ3n) is 4.51. The Morgan fingerprint density at radius 2 is 2.17 bits per heavy atom. The predicted octanol–water partition coefficient (Wildman–Crippen LogP) is 4.11. The van der Waals surface area contributed by atoms with Crippen molar-refractivity contribution in [1.29, 1.82) is 0 Å². The monoisotopic (exact) mass is 347 g/mol. The molecule has 2 atom stereocenters. The van der Waals surface area contributed by atoms with Gasteiger partial charge in [-0.3, -0.25) is 0 Å². The van der Waals surface area contributed by atoms with Crippen molar-refractivity contribution in [2.45, 2.75) is 31.6 Å². The van der Waals surface area contributed by atoms with Crippen LogP contribution in [0.5, 0.6) is 0 Å². The first-order valence-electron chi connectivity index (χ1n) is 8.31.